The maximum absolute atomic E-state index is 5.02. The van der Waals surface area contributed by atoms with Gasteiger partial charge in [0.25, 0.3) is 0 Å². The molecule has 72 valence electrons. The third-order valence-corrected chi connectivity index (χ3v) is 2.10. The van der Waals surface area contributed by atoms with Crippen LogP contribution in [0.3, 0.4) is 0 Å². The first-order valence-corrected chi connectivity index (χ1v) is 4.45. The molecular formula is C11H12N2O. The average Bonchev–Trinajstić information content (AvgIpc) is 2.67. The Hall–Kier alpha value is -1.77. The van der Waals surface area contributed by atoms with E-state index in [2.05, 4.69) is 29.0 Å². The summed E-state index contributed by atoms with van der Waals surface area (Å²) in [5.41, 5.74) is 2.31. The van der Waals surface area contributed by atoms with E-state index < -0.39 is 0 Å². The van der Waals surface area contributed by atoms with Crippen molar-refractivity contribution < 1.29 is 4.74 Å². The largest absolute Gasteiger partial charge is 0.481 e. The van der Waals surface area contributed by atoms with Crippen molar-refractivity contribution in [2.24, 2.45) is 0 Å². The van der Waals surface area contributed by atoms with Crippen LogP contribution >= 0.6 is 0 Å². The van der Waals surface area contributed by atoms with Crippen molar-refractivity contribution in [3.63, 3.8) is 0 Å². The number of aromatic amines is 1. The summed E-state index contributed by atoms with van der Waals surface area (Å²) in [4.78, 5) is 7.27. The minimum Gasteiger partial charge on any atom is -0.481 e. The van der Waals surface area contributed by atoms with E-state index in [-0.39, 0.29) is 0 Å². The molecule has 3 nitrogen and oxygen atoms in total. The molecule has 1 aromatic carbocycles. The van der Waals surface area contributed by atoms with Crippen LogP contribution in [0.4, 0.5) is 0 Å². The number of methoxy groups -OCH3 is 1. The lowest BCUT2D eigenvalue weighted by atomic mass is 10.1. The van der Waals surface area contributed by atoms with Gasteiger partial charge in [0.1, 0.15) is 5.82 Å². The Labute approximate surface area is 82.8 Å². The van der Waals surface area contributed by atoms with Crippen LogP contribution in [0.2, 0.25) is 0 Å². The quantitative estimate of drug-likeness (QED) is 0.785. The van der Waals surface area contributed by atoms with E-state index in [1.54, 1.807) is 13.3 Å². The zero-order chi connectivity index (χ0) is 9.97. The molecule has 1 aromatic heterocycles. The highest BCUT2D eigenvalue weighted by Gasteiger charge is 2.02. The average molecular weight is 188 g/mol. The topological polar surface area (TPSA) is 37.9 Å². The van der Waals surface area contributed by atoms with Crippen molar-refractivity contribution in [1.82, 2.24) is 9.97 Å². The summed E-state index contributed by atoms with van der Waals surface area (Å²) in [6, 6.07) is 8.19. The summed E-state index contributed by atoms with van der Waals surface area (Å²) in [7, 11) is 1.62. The Kier molecular flexibility index (Phi) is 2.23. The zero-order valence-electron chi connectivity index (χ0n) is 8.24. The van der Waals surface area contributed by atoms with Gasteiger partial charge in [-0.1, -0.05) is 29.8 Å². The van der Waals surface area contributed by atoms with E-state index in [0.717, 1.165) is 11.4 Å². The second-order valence-electron chi connectivity index (χ2n) is 3.17. The summed E-state index contributed by atoms with van der Waals surface area (Å²) in [5, 5.41) is 0. The lowest BCUT2D eigenvalue weighted by molar-refractivity contribution is 0.400. The highest BCUT2D eigenvalue weighted by molar-refractivity contribution is 5.56. The smallest absolute Gasteiger partial charge is 0.211 e. The van der Waals surface area contributed by atoms with Gasteiger partial charge in [-0.25, -0.2) is 4.98 Å². The van der Waals surface area contributed by atoms with E-state index in [0.29, 0.717) is 5.88 Å². The van der Waals surface area contributed by atoms with Crippen LogP contribution in [0.15, 0.2) is 30.5 Å². The number of hydrogen-bond donors (Lipinski definition) is 1. The highest BCUT2D eigenvalue weighted by atomic mass is 16.5. The van der Waals surface area contributed by atoms with Gasteiger partial charge < -0.3 is 9.72 Å². The predicted octanol–water partition coefficient (Wildman–Crippen LogP) is 2.39. The first-order valence-electron chi connectivity index (χ1n) is 4.45. The molecule has 0 aliphatic rings. The molecule has 1 heterocycles. The summed E-state index contributed by atoms with van der Waals surface area (Å²) in [6.45, 7) is 2.06. The lowest BCUT2D eigenvalue weighted by Gasteiger charge is -1.97. The monoisotopic (exact) mass is 188 g/mol. The number of hydrogen-bond acceptors (Lipinski definition) is 2. The van der Waals surface area contributed by atoms with Crippen LogP contribution in [0.1, 0.15) is 5.56 Å². The van der Waals surface area contributed by atoms with Crippen molar-refractivity contribution in [2.75, 3.05) is 7.11 Å². The van der Waals surface area contributed by atoms with E-state index in [1.807, 2.05) is 12.1 Å². The Morgan fingerprint density at radius 3 is 2.50 bits per heavy atom. The normalized spacial score (nSPS) is 10.1. The number of ether oxygens (including phenoxy) is 1. The number of H-pyrrole nitrogens is 1. The van der Waals surface area contributed by atoms with E-state index in [9.17, 15) is 0 Å². The number of nitrogens with zero attached hydrogens (tertiary/aromatic N) is 1. The molecule has 0 saturated carbocycles. The fraction of sp³-hybridized carbons (Fsp3) is 0.182. The van der Waals surface area contributed by atoms with Crippen LogP contribution in [0, 0.1) is 6.92 Å². The second kappa shape index (κ2) is 3.54. The molecule has 0 atom stereocenters. The minimum atomic E-state index is 0.681. The van der Waals surface area contributed by atoms with Crippen LogP contribution < -0.4 is 4.74 Å². The molecule has 2 aromatic rings. The van der Waals surface area contributed by atoms with Gasteiger partial charge in [0, 0.05) is 5.56 Å². The Bertz CT molecular complexity index is 417. The fourth-order valence-corrected chi connectivity index (χ4v) is 1.27. The molecule has 2 rings (SSSR count). The first-order chi connectivity index (χ1) is 6.79. The molecule has 0 amide bonds. The van der Waals surface area contributed by atoms with Crippen molar-refractivity contribution in [1.29, 1.82) is 0 Å². The Balaban J connectivity index is 2.34. The van der Waals surface area contributed by atoms with Gasteiger partial charge in [-0.3, -0.25) is 0 Å². The third-order valence-electron chi connectivity index (χ3n) is 2.10. The maximum Gasteiger partial charge on any atom is 0.211 e. The molecule has 0 unspecified atom stereocenters. The minimum absolute atomic E-state index is 0.681. The van der Waals surface area contributed by atoms with E-state index in [4.69, 9.17) is 4.74 Å². The third kappa shape index (κ3) is 1.62. The first kappa shape index (κ1) is 8.81. The number of aromatic nitrogens is 2. The number of nitrogens with one attached hydrogen (secondary N) is 1. The molecule has 0 aliphatic carbocycles. The van der Waals surface area contributed by atoms with Crippen molar-refractivity contribution >= 4 is 0 Å². The standard InChI is InChI=1S/C11H12N2O/c1-8-3-5-9(6-4-8)11-12-7-10(13-11)14-2/h3-7H,1-2H3,(H,12,13). The summed E-state index contributed by atoms with van der Waals surface area (Å²) in [5.74, 6) is 1.52. The molecule has 3 heteroatoms. The van der Waals surface area contributed by atoms with E-state index in [1.165, 1.54) is 5.56 Å². The number of rotatable bonds is 2. The van der Waals surface area contributed by atoms with Gasteiger partial charge in [0.2, 0.25) is 5.88 Å². The van der Waals surface area contributed by atoms with Crippen LogP contribution in [0.25, 0.3) is 11.4 Å². The Morgan fingerprint density at radius 2 is 1.93 bits per heavy atom. The molecule has 14 heavy (non-hydrogen) atoms. The van der Waals surface area contributed by atoms with E-state index >= 15 is 0 Å². The predicted molar refractivity (Wildman–Crippen MR) is 55.3 cm³/mol. The van der Waals surface area contributed by atoms with Crippen molar-refractivity contribution in [3.8, 4) is 17.3 Å². The summed E-state index contributed by atoms with van der Waals surface area (Å²) >= 11 is 0. The summed E-state index contributed by atoms with van der Waals surface area (Å²) < 4.78 is 5.02. The zero-order valence-corrected chi connectivity index (χ0v) is 8.24. The van der Waals surface area contributed by atoms with Gasteiger partial charge in [0.05, 0.1) is 13.3 Å². The molecule has 0 bridgehead atoms. The second-order valence-corrected chi connectivity index (χ2v) is 3.17. The molecule has 0 spiro atoms. The van der Waals surface area contributed by atoms with Gasteiger partial charge in [-0.15, -0.1) is 0 Å². The molecular weight excluding hydrogens is 176 g/mol. The molecule has 1 N–H and O–H groups in total. The molecule has 0 fully saturated rings. The maximum atomic E-state index is 5.02. The molecule has 0 aliphatic heterocycles. The SMILES string of the molecule is COc1cnc(-c2ccc(C)cc2)[nH]1. The highest BCUT2D eigenvalue weighted by Crippen LogP contribution is 2.18. The van der Waals surface area contributed by atoms with Crippen LogP contribution in [-0.2, 0) is 0 Å². The van der Waals surface area contributed by atoms with Crippen molar-refractivity contribution in [2.45, 2.75) is 6.92 Å². The molecule has 0 radical (unpaired) electrons. The number of aryl methyl sites for hydroxylation is 1. The van der Waals surface area contributed by atoms with Crippen LogP contribution in [0.5, 0.6) is 5.88 Å². The van der Waals surface area contributed by atoms with Gasteiger partial charge in [0.15, 0.2) is 0 Å². The lowest BCUT2D eigenvalue weighted by Crippen LogP contribution is -1.83. The van der Waals surface area contributed by atoms with Gasteiger partial charge in [-0.05, 0) is 6.92 Å². The van der Waals surface area contributed by atoms with Gasteiger partial charge >= 0.3 is 0 Å². The molecule has 0 saturated heterocycles. The number of benzene rings is 1. The van der Waals surface area contributed by atoms with Crippen molar-refractivity contribution in [3.05, 3.63) is 36.0 Å². The van der Waals surface area contributed by atoms with Gasteiger partial charge in [-0.2, -0.15) is 0 Å². The summed E-state index contributed by atoms with van der Waals surface area (Å²) in [6.07, 6.45) is 1.68. The Morgan fingerprint density at radius 1 is 1.21 bits per heavy atom. The fourth-order valence-electron chi connectivity index (χ4n) is 1.27. The number of imidazole rings is 1. The van der Waals surface area contributed by atoms with Crippen LogP contribution in [-0.4, -0.2) is 17.1 Å².